The molecule has 21 heavy (non-hydrogen) atoms. The van der Waals surface area contributed by atoms with Crippen LogP contribution in [0.25, 0.3) is 5.65 Å². The average Bonchev–Trinajstić information content (AvgIpc) is 2.92. The fourth-order valence-corrected chi connectivity index (χ4v) is 2.22. The fraction of sp³-hybridized carbons (Fsp3) is 0.188. The van der Waals surface area contributed by atoms with Crippen molar-refractivity contribution in [2.24, 2.45) is 0 Å². The summed E-state index contributed by atoms with van der Waals surface area (Å²) >= 11 is 0. The predicted molar refractivity (Wildman–Crippen MR) is 79.8 cm³/mol. The van der Waals surface area contributed by atoms with Crippen molar-refractivity contribution in [3.05, 3.63) is 66.1 Å². The maximum Gasteiger partial charge on any atom is 0.224 e. The molecule has 0 aliphatic heterocycles. The van der Waals surface area contributed by atoms with Crippen molar-refractivity contribution in [2.75, 3.05) is 6.54 Å². The summed E-state index contributed by atoms with van der Waals surface area (Å²) in [6, 6.07) is 15.5. The smallest absolute Gasteiger partial charge is 0.224 e. The second kappa shape index (κ2) is 6.17. The Hall–Kier alpha value is -2.69. The lowest BCUT2D eigenvalue weighted by molar-refractivity contribution is -0.120. The third-order valence-corrected chi connectivity index (χ3v) is 3.26. The minimum absolute atomic E-state index is 0.0232. The second-order valence-electron chi connectivity index (χ2n) is 4.81. The Balaban J connectivity index is 1.53. The highest BCUT2D eigenvalue weighted by molar-refractivity contribution is 5.78. The van der Waals surface area contributed by atoms with Crippen LogP contribution in [0.15, 0.2) is 54.7 Å². The SMILES string of the molecule is O=C(Cc1ccccc1)NCCc1nnc2ccccn12. The van der Waals surface area contributed by atoms with Gasteiger partial charge in [-0.25, -0.2) is 0 Å². The first-order valence-electron chi connectivity index (χ1n) is 6.92. The molecule has 0 aliphatic rings. The normalized spacial score (nSPS) is 10.7. The van der Waals surface area contributed by atoms with Crippen LogP contribution in [0.4, 0.5) is 0 Å². The summed E-state index contributed by atoms with van der Waals surface area (Å²) in [5.74, 6) is 0.876. The van der Waals surface area contributed by atoms with E-state index in [0.29, 0.717) is 19.4 Å². The van der Waals surface area contributed by atoms with Crippen LogP contribution < -0.4 is 5.32 Å². The zero-order valence-electron chi connectivity index (χ0n) is 11.6. The number of benzene rings is 1. The van der Waals surface area contributed by atoms with Gasteiger partial charge >= 0.3 is 0 Å². The lowest BCUT2D eigenvalue weighted by Crippen LogP contribution is -2.27. The van der Waals surface area contributed by atoms with E-state index in [-0.39, 0.29) is 5.91 Å². The van der Waals surface area contributed by atoms with Crippen LogP contribution in [0.1, 0.15) is 11.4 Å². The summed E-state index contributed by atoms with van der Waals surface area (Å²) in [5.41, 5.74) is 1.84. The van der Waals surface area contributed by atoms with E-state index in [9.17, 15) is 4.79 Å². The van der Waals surface area contributed by atoms with Crippen molar-refractivity contribution in [1.82, 2.24) is 19.9 Å². The second-order valence-corrected chi connectivity index (χ2v) is 4.81. The molecular formula is C16H16N4O. The number of nitrogens with zero attached hydrogens (tertiary/aromatic N) is 3. The number of carbonyl (C=O) groups is 1. The van der Waals surface area contributed by atoms with Crippen molar-refractivity contribution in [2.45, 2.75) is 12.8 Å². The summed E-state index contributed by atoms with van der Waals surface area (Å²) < 4.78 is 1.93. The number of amides is 1. The molecule has 0 atom stereocenters. The number of hydrogen-bond acceptors (Lipinski definition) is 3. The summed E-state index contributed by atoms with van der Waals surface area (Å²) in [6.45, 7) is 0.557. The van der Waals surface area contributed by atoms with Crippen molar-refractivity contribution in [3.8, 4) is 0 Å². The first-order valence-corrected chi connectivity index (χ1v) is 6.92. The van der Waals surface area contributed by atoms with Crippen molar-refractivity contribution in [3.63, 3.8) is 0 Å². The highest BCUT2D eigenvalue weighted by atomic mass is 16.1. The maximum absolute atomic E-state index is 11.9. The number of carbonyl (C=O) groups excluding carboxylic acids is 1. The van der Waals surface area contributed by atoms with E-state index in [0.717, 1.165) is 17.0 Å². The molecular weight excluding hydrogens is 264 g/mol. The van der Waals surface area contributed by atoms with E-state index in [1.807, 2.05) is 59.1 Å². The molecule has 0 fully saturated rings. The molecule has 0 unspecified atom stereocenters. The van der Waals surface area contributed by atoms with Crippen molar-refractivity contribution >= 4 is 11.6 Å². The van der Waals surface area contributed by atoms with Crippen LogP contribution >= 0.6 is 0 Å². The Morgan fingerprint density at radius 3 is 2.71 bits per heavy atom. The number of hydrogen-bond donors (Lipinski definition) is 1. The van der Waals surface area contributed by atoms with E-state index in [1.165, 1.54) is 0 Å². The molecule has 3 aromatic rings. The van der Waals surface area contributed by atoms with Gasteiger partial charge in [-0.15, -0.1) is 10.2 Å². The van der Waals surface area contributed by atoms with Gasteiger partial charge in [0, 0.05) is 19.2 Å². The number of fused-ring (bicyclic) bond motifs is 1. The van der Waals surface area contributed by atoms with Gasteiger partial charge in [-0.3, -0.25) is 9.20 Å². The van der Waals surface area contributed by atoms with E-state index in [2.05, 4.69) is 15.5 Å². The number of pyridine rings is 1. The third kappa shape index (κ3) is 3.25. The summed E-state index contributed by atoms with van der Waals surface area (Å²) in [5, 5.41) is 11.1. The zero-order chi connectivity index (χ0) is 14.5. The van der Waals surface area contributed by atoms with Crippen LogP contribution in [0, 0.1) is 0 Å². The van der Waals surface area contributed by atoms with Gasteiger partial charge in [0.25, 0.3) is 0 Å². The van der Waals surface area contributed by atoms with E-state index in [1.54, 1.807) is 0 Å². The van der Waals surface area contributed by atoms with E-state index < -0.39 is 0 Å². The molecule has 1 N–H and O–H groups in total. The fourth-order valence-electron chi connectivity index (χ4n) is 2.22. The Morgan fingerprint density at radius 1 is 1.05 bits per heavy atom. The van der Waals surface area contributed by atoms with Crippen LogP contribution in [0.2, 0.25) is 0 Å². The van der Waals surface area contributed by atoms with E-state index in [4.69, 9.17) is 0 Å². The van der Waals surface area contributed by atoms with Gasteiger partial charge in [0.15, 0.2) is 5.65 Å². The Bertz CT molecular complexity index is 736. The molecule has 0 saturated heterocycles. The highest BCUT2D eigenvalue weighted by Crippen LogP contribution is 2.03. The minimum atomic E-state index is 0.0232. The lowest BCUT2D eigenvalue weighted by Gasteiger charge is -2.04. The third-order valence-electron chi connectivity index (χ3n) is 3.26. The first-order chi connectivity index (χ1) is 10.3. The molecule has 1 amide bonds. The zero-order valence-corrected chi connectivity index (χ0v) is 11.6. The van der Waals surface area contributed by atoms with E-state index >= 15 is 0 Å². The van der Waals surface area contributed by atoms with Gasteiger partial charge in [0.2, 0.25) is 5.91 Å². The lowest BCUT2D eigenvalue weighted by atomic mass is 10.1. The summed E-state index contributed by atoms with van der Waals surface area (Å²) in [6.07, 6.45) is 2.99. The molecule has 1 aromatic carbocycles. The molecule has 0 spiro atoms. The highest BCUT2D eigenvalue weighted by Gasteiger charge is 2.06. The number of aromatic nitrogens is 3. The molecule has 2 heterocycles. The quantitative estimate of drug-likeness (QED) is 0.773. The molecule has 0 aliphatic carbocycles. The van der Waals surface area contributed by atoms with Crippen LogP contribution in [-0.4, -0.2) is 27.0 Å². The Labute approximate surface area is 122 Å². The van der Waals surface area contributed by atoms with Gasteiger partial charge < -0.3 is 5.32 Å². The number of rotatable bonds is 5. The predicted octanol–water partition coefficient (Wildman–Crippen LogP) is 1.63. The largest absolute Gasteiger partial charge is 0.355 e. The standard InChI is InChI=1S/C16H16N4O/c21-16(12-13-6-2-1-3-7-13)17-10-9-15-19-18-14-8-4-5-11-20(14)15/h1-8,11H,9-10,12H2,(H,17,21). The molecule has 3 rings (SSSR count). The van der Waals surface area contributed by atoms with Crippen molar-refractivity contribution < 1.29 is 4.79 Å². The molecule has 106 valence electrons. The van der Waals surface area contributed by atoms with Crippen LogP contribution in [0.3, 0.4) is 0 Å². The van der Waals surface area contributed by atoms with Gasteiger partial charge in [0.05, 0.1) is 6.42 Å². The van der Waals surface area contributed by atoms with Gasteiger partial charge in [-0.1, -0.05) is 36.4 Å². The number of nitrogens with one attached hydrogen (secondary N) is 1. The molecule has 0 saturated carbocycles. The molecule has 2 aromatic heterocycles. The van der Waals surface area contributed by atoms with Gasteiger partial charge in [-0.2, -0.15) is 0 Å². The van der Waals surface area contributed by atoms with Crippen molar-refractivity contribution in [1.29, 1.82) is 0 Å². The van der Waals surface area contributed by atoms with Gasteiger partial charge in [-0.05, 0) is 17.7 Å². The molecule has 0 radical (unpaired) electrons. The van der Waals surface area contributed by atoms with Gasteiger partial charge in [0.1, 0.15) is 5.82 Å². The first kappa shape index (κ1) is 13.3. The Kier molecular flexibility index (Phi) is 3.91. The monoisotopic (exact) mass is 280 g/mol. The summed E-state index contributed by atoms with van der Waals surface area (Å²) in [4.78, 5) is 11.9. The Morgan fingerprint density at radius 2 is 1.86 bits per heavy atom. The molecule has 5 nitrogen and oxygen atoms in total. The molecule has 5 heteroatoms. The average molecular weight is 280 g/mol. The van der Waals surface area contributed by atoms with Crippen LogP contribution in [-0.2, 0) is 17.6 Å². The summed E-state index contributed by atoms with van der Waals surface area (Å²) in [7, 11) is 0. The maximum atomic E-state index is 11.9. The minimum Gasteiger partial charge on any atom is -0.355 e. The topological polar surface area (TPSA) is 59.3 Å². The molecule has 0 bridgehead atoms. The van der Waals surface area contributed by atoms with Crippen LogP contribution in [0.5, 0.6) is 0 Å².